The number of nitro benzene ring substituents is 1. The molecule has 1 aliphatic rings. The molecule has 0 spiro atoms. The second-order valence-electron chi connectivity index (χ2n) is 7.88. The van der Waals surface area contributed by atoms with Crippen LogP contribution in [0.2, 0.25) is 0 Å². The molecular formula is C25H26N4O3. The van der Waals surface area contributed by atoms with Gasteiger partial charge in [0.15, 0.2) is 0 Å². The van der Waals surface area contributed by atoms with Gasteiger partial charge < -0.3 is 15.1 Å². The van der Waals surface area contributed by atoms with Crippen molar-refractivity contribution >= 4 is 23.0 Å². The number of nitrogens with one attached hydrogen (secondary N) is 1. The smallest absolute Gasteiger partial charge is 0.292 e. The van der Waals surface area contributed by atoms with Crippen LogP contribution >= 0.6 is 0 Å². The van der Waals surface area contributed by atoms with Crippen LogP contribution in [0, 0.1) is 10.1 Å². The highest BCUT2D eigenvalue weighted by Gasteiger charge is 2.24. The number of hydrogen-bond donors (Lipinski definition) is 1. The Morgan fingerprint density at radius 2 is 1.56 bits per heavy atom. The van der Waals surface area contributed by atoms with E-state index in [0.29, 0.717) is 37.4 Å². The molecule has 1 heterocycles. The molecule has 7 heteroatoms. The van der Waals surface area contributed by atoms with E-state index < -0.39 is 0 Å². The summed E-state index contributed by atoms with van der Waals surface area (Å²) >= 11 is 0. The number of nitro groups is 1. The van der Waals surface area contributed by atoms with Gasteiger partial charge in [0.1, 0.15) is 5.69 Å². The summed E-state index contributed by atoms with van der Waals surface area (Å²) in [6.45, 7) is 4.54. The highest BCUT2D eigenvalue weighted by Crippen LogP contribution is 2.32. The Bertz CT molecular complexity index is 1080. The summed E-state index contributed by atoms with van der Waals surface area (Å²) in [5.41, 5.74) is 3.20. The molecule has 1 atom stereocenters. The molecular weight excluding hydrogens is 404 g/mol. The maximum Gasteiger partial charge on any atom is 0.292 e. The van der Waals surface area contributed by atoms with E-state index in [9.17, 15) is 14.9 Å². The first-order valence-corrected chi connectivity index (χ1v) is 10.7. The lowest BCUT2D eigenvalue weighted by molar-refractivity contribution is -0.384. The zero-order valence-corrected chi connectivity index (χ0v) is 18.0. The number of carbonyl (C=O) groups excluding carboxylic acids is 1. The molecule has 3 aromatic carbocycles. The van der Waals surface area contributed by atoms with Crippen molar-refractivity contribution in [2.45, 2.75) is 13.0 Å². The predicted octanol–water partition coefficient (Wildman–Crippen LogP) is 4.73. The van der Waals surface area contributed by atoms with Gasteiger partial charge in [-0.15, -0.1) is 0 Å². The molecule has 1 fully saturated rings. The van der Waals surface area contributed by atoms with Crippen LogP contribution in [0.5, 0.6) is 0 Å². The van der Waals surface area contributed by atoms with Gasteiger partial charge in [0.25, 0.3) is 11.6 Å². The van der Waals surface area contributed by atoms with E-state index in [1.54, 1.807) is 12.1 Å². The Hall–Kier alpha value is -3.87. The minimum atomic E-state index is -0.361. The van der Waals surface area contributed by atoms with Crippen LogP contribution in [-0.2, 0) is 0 Å². The predicted molar refractivity (Wildman–Crippen MR) is 126 cm³/mol. The molecule has 0 aromatic heterocycles. The van der Waals surface area contributed by atoms with E-state index in [1.807, 2.05) is 78.6 Å². The van der Waals surface area contributed by atoms with Gasteiger partial charge in [-0.3, -0.25) is 14.9 Å². The van der Waals surface area contributed by atoms with Crippen molar-refractivity contribution in [3.63, 3.8) is 0 Å². The minimum Gasteiger partial charge on any atom is -0.373 e. The maximum absolute atomic E-state index is 12.7. The van der Waals surface area contributed by atoms with Gasteiger partial charge in [0.05, 0.1) is 4.92 Å². The average Bonchev–Trinajstić information content (AvgIpc) is 2.84. The van der Waals surface area contributed by atoms with E-state index in [1.165, 1.54) is 0 Å². The number of benzene rings is 3. The van der Waals surface area contributed by atoms with E-state index >= 15 is 0 Å². The first kappa shape index (κ1) is 21.4. The van der Waals surface area contributed by atoms with Gasteiger partial charge in [0, 0.05) is 49.5 Å². The minimum absolute atomic E-state index is 0.0352. The van der Waals surface area contributed by atoms with Crippen molar-refractivity contribution in [3.05, 3.63) is 100 Å². The molecule has 1 N–H and O–H groups in total. The summed E-state index contributed by atoms with van der Waals surface area (Å²) in [5, 5.41) is 14.9. The summed E-state index contributed by atoms with van der Waals surface area (Å²) in [6.07, 6.45) is 0. The van der Waals surface area contributed by atoms with Crippen LogP contribution in [0.25, 0.3) is 0 Å². The van der Waals surface area contributed by atoms with Crippen LogP contribution in [0.1, 0.15) is 28.9 Å². The highest BCUT2D eigenvalue weighted by atomic mass is 16.6. The Morgan fingerprint density at radius 3 is 2.19 bits per heavy atom. The molecule has 0 bridgehead atoms. The van der Waals surface area contributed by atoms with Crippen molar-refractivity contribution in [3.8, 4) is 0 Å². The molecule has 32 heavy (non-hydrogen) atoms. The van der Waals surface area contributed by atoms with Gasteiger partial charge in [0.2, 0.25) is 0 Å². The van der Waals surface area contributed by atoms with Crippen LogP contribution in [0.15, 0.2) is 78.9 Å². The van der Waals surface area contributed by atoms with Crippen LogP contribution in [-0.4, -0.2) is 41.9 Å². The summed E-state index contributed by atoms with van der Waals surface area (Å²) in [7, 11) is 0. The maximum atomic E-state index is 12.7. The summed E-state index contributed by atoms with van der Waals surface area (Å²) < 4.78 is 0. The second kappa shape index (κ2) is 9.51. The van der Waals surface area contributed by atoms with Gasteiger partial charge >= 0.3 is 0 Å². The summed E-state index contributed by atoms with van der Waals surface area (Å²) in [6, 6.07) is 24.2. The molecule has 3 aromatic rings. The van der Waals surface area contributed by atoms with Crippen molar-refractivity contribution in [1.82, 2.24) is 4.90 Å². The first-order chi connectivity index (χ1) is 15.5. The molecule has 1 aliphatic heterocycles. The fraction of sp³-hybridized carbons (Fsp3) is 0.240. The Morgan fingerprint density at radius 1 is 0.938 bits per heavy atom. The van der Waals surface area contributed by atoms with E-state index in [4.69, 9.17) is 0 Å². The molecule has 0 saturated carbocycles. The number of amides is 1. The number of hydrogen-bond acceptors (Lipinski definition) is 5. The average molecular weight is 431 g/mol. The van der Waals surface area contributed by atoms with Crippen LogP contribution < -0.4 is 10.2 Å². The lowest BCUT2D eigenvalue weighted by atomic mass is 10.1. The number of rotatable bonds is 6. The van der Waals surface area contributed by atoms with Crippen molar-refractivity contribution in [2.75, 3.05) is 36.4 Å². The van der Waals surface area contributed by atoms with Crippen molar-refractivity contribution < 1.29 is 9.72 Å². The van der Waals surface area contributed by atoms with Crippen LogP contribution in [0.3, 0.4) is 0 Å². The highest BCUT2D eigenvalue weighted by molar-refractivity contribution is 5.94. The standard InChI is InChI=1S/C25H26N4O3/c1-19(20-8-4-2-5-9-20)26-23-18-22(12-13-24(23)29(31)32)27-14-16-28(17-15-27)25(30)21-10-6-3-7-11-21/h2-13,18-19,26H,14-17H2,1H3/t19-/m1/s1. The molecule has 7 nitrogen and oxygen atoms in total. The molecule has 1 saturated heterocycles. The van der Waals surface area contributed by atoms with Crippen molar-refractivity contribution in [1.29, 1.82) is 0 Å². The lowest BCUT2D eigenvalue weighted by Gasteiger charge is -2.36. The zero-order valence-electron chi connectivity index (χ0n) is 18.0. The molecule has 4 rings (SSSR count). The summed E-state index contributed by atoms with van der Waals surface area (Å²) in [4.78, 5) is 27.9. The normalized spacial score (nSPS) is 14.7. The first-order valence-electron chi connectivity index (χ1n) is 10.7. The fourth-order valence-electron chi connectivity index (χ4n) is 3.98. The Labute approximate surface area is 187 Å². The zero-order chi connectivity index (χ0) is 22.5. The third kappa shape index (κ3) is 4.72. The Balaban J connectivity index is 1.48. The molecule has 0 aliphatic carbocycles. The Kier molecular flexibility index (Phi) is 6.35. The second-order valence-corrected chi connectivity index (χ2v) is 7.88. The third-order valence-corrected chi connectivity index (χ3v) is 5.80. The SMILES string of the molecule is C[C@@H](Nc1cc(N2CCN(C(=O)c3ccccc3)CC2)ccc1[N+](=O)[O-])c1ccccc1. The van der Waals surface area contributed by atoms with Crippen molar-refractivity contribution in [2.24, 2.45) is 0 Å². The largest absolute Gasteiger partial charge is 0.373 e. The van der Waals surface area contributed by atoms with E-state index in [-0.39, 0.29) is 22.6 Å². The quantitative estimate of drug-likeness (QED) is 0.452. The van der Waals surface area contributed by atoms with Gasteiger partial charge in [-0.05, 0) is 36.8 Å². The molecule has 0 unspecified atom stereocenters. The van der Waals surface area contributed by atoms with E-state index in [0.717, 1.165) is 11.3 Å². The monoisotopic (exact) mass is 430 g/mol. The van der Waals surface area contributed by atoms with Gasteiger partial charge in [-0.25, -0.2) is 0 Å². The van der Waals surface area contributed by atoms with Gasteiger partial charge in [-0.1, -0.05) is 48.5 Å². The lowest BCUT2D eigenvalue weighted by Crippen LogP contribution is -2.48. The summed E-state index contributed by atoms with van der Waals surface area (Å²) in [5.74, 6) is 0.0352. The number of nitrogens with zero attached hydrogens (tertiary/aromatic N) is 3. The topological polar surface area (TPSA) is 78.7 Å². The van der Waals surface area contributed by atoms with E-state index in [2.05, 4.69) is 10.2 Å². The van der Waals surface area contributed by atoms with Gasteiger partial charge in [-0.2, -0.15) is 0 Å². The number of anilines is 2. The van der Waals surface area contributed by atoms with Crippen LogP contribution in [0.4, 0.5) is 17.1 Å². The number of piperazine rings is 1. The number of carbonyl (C=O) groups is 1. The molecule has 0 radical (unpaired) electrons. The molecule has 164 valence electrons. The third-order valence-electron chi connectivity index (χ3n) is 5.80. The molecule has 1 amide bonds. The fourth-order valence-corrected chi connectivity index (χ4v) is 3.98.